The second-order valence-corrected chi connectivity index (χ2v) is 7.63. The van der Waals surface area contributed by atoms with Crippen LogP contribution < -0.4 is 0 Å². The van der Waals surface area contributed by atoms with Gasteiger partial charge < -0.3 is 15.0 Å². The molecule has 5 nitrogen and oxygen atoms in total. The van der Waals surface area contributed by atoms with Crippen LogP contribution in [0, 0.1) is 5.41 Å². The highest BCUT2D eigenvalue weighted by Gasteiger charge is 2.26. The minimum absolute atomic E-state index is 0.0963. The van der Waals surface area contributed by atoms with E-state index in [0.29, 0.717) is 12.3 Å². The number of esters is 1. The van der Waals surface area contributed by atoms with Crippen molar-refractivity contribution in [2.45, 2.75) is 25.8 Å². The van der Waals surface area contributed by atoms with Crippen molar-refractivity contribution in [2.24, 2.45) is 0 Å². The fraction of sp³-hybridized carbons (Fsp3) is 0.417. The number of nitrogens with zero attached hydrogens (tertiary/aromatic N) is 2. The fourth-order valence-corrected chi connectivity index (χ4v) is 3.87. The van der Waals surface area contributed by atoms with Crippen LogP contribution in [0.2, 0.25) is 0 Å². The van der Waals surface area contributed by atoms with Crippen molar-refractivity contribution >= 4 is 11.7 Å². The quantitative estimate of drug-likeness (QED) is 0.400. The van der Waals surface area contributed by atoms with Gasteiger partial charge in [-0.2, -0.15) is 0 Å². The Balaban J connectivity index is 1.50. The molecule has 0 aliphatic carbocycles. The molecule has 29 heavy (non-hydrogen) atoms. The number of ether oxygens (including phenoxy) is 1. The van der Waals surface area contributed by atoms with Gasteiger partial charge in [-0.1, -0.05) is 60.7 Å². The summed E-state index contributed by atoms with van der Waals surface area (Å²) in [5, 5.41) is 7.33. The lowest BCUT2D eigenvalue weighted by atomic mass is 9.96. The molecule has 1 saturated heterocycles. The molecule has 1 aliphatic rings. The van der Waals surface area contributed by atoms with Gasteiger partial charge in [-0.15, -0.1) is 0 Å². The van der Waals surface area contributed by atoms with E-state index in [4.69, 9.17) is 10.1 Å². The molecule has 0 spiro atoms. The maximum atomic E-state index is 11.5. The molecule has 0 radical (unpaired) electrons. The summed E-state index contributed by atoms with van der Waals surface area (Å²) >= 11 is 0. The molecular formula is C24H31N3O2. The lowest BCUT2D eigenvalue weighted by molar-refractivity contribution is -0.142. The minimum atomic E-state index is -0.295. The van der Waals surface area contributed by atoms with Crippen molar-refractivity contribution in [2.75, 3.05) is 39.3 Å². The number of hydrogen-bond donors (Lipinski definition) is 1. The van der Waals surface area contributed by atoms with Gasteiger partial charge >= 0.3 is 5.97 Å². The fourth-order valence-electron chi connectivity index (χ4n) is 3.87. The summed E-state index contributed by atoms with van der Waals surface area (Å²) in [4.78, 5) is 16.5. The van der Waals surface area contributed by atoms with Gasteiger partial charge in [0.15, 0.2) is 0 Å². The lowest BCUT2D eigenvalue weighted by Gasteiger charge is -2.39. The van der Waals surface area contributed by atoms with Crippen molar-refractivity contribution in [1.82, 2.24) is 9.80 Å². The molecule has 0 amide bonds. The highest BCUT2D eigenvalue weighted by Crippen LogP contribution is 2.29. The van der Waals surface area contributed by atoms with Crippen molar-refractivity contribution < 1.29 is 9.53 Å². The average Bonchev–Trinajstić information content (AvgIpc) is 2.73. The molecule has 2 aromatic carbocycles. The second-order valence-electron chi connectivity index (χ2n) is 7.63. The molecule has 0 unspecified atom stereocenters. The highest BCUT2D eigenvalue weighted by atomic mass is 16.5. The van der Waals surface area contributed by atoms with Gasteiger partial charge in [0.05, 0.1) is 19.1 Å². The Labute approximate surface area is 173 Å². The van der Waals surface area contributed by atoms with E-state index in [0.717, 1.165) is 39.1 Å². The first kappa shape index (κ1) is 21.2. The normalized spacial score (nSPS) is 15.4. The van der Waals surface area contributed by atoms with Crippen molar-refractivity contribution in [3.63, 3.8) is 0 Å². The van der Waals surface area contributed by atoms with Gasteiger partial charge in [0.1, 0.15) is 0 Å². The Morgan fingerprint density at radius 3 is 2.03 bits per heavy atom. The molecule has 1 N–H and O–H groups in total. The van der Waals surface area contributed by atoms with Crippen LogP contribution in [0.1, 0.15) is 36.9 Å². The molecule has 0 atom stereocenters. The van der Waals surface area contributed by atoms with Crippen LogP contribution in [0.25, 0.3) is 0 Å². The van der Waals surface area contributed by atoms with Crippen LogP contribution in [0.3, 0.4) is 0 Å². The van der Waals surface area contributed by atoms with Gasteiger partial charge in [-0.05, 0) is 24.5 Å². The Morgan fingerprint density at radius 2 is 1.52 bits per heavy atom. The number of benzene rings is 2. The summed E-state index contributed by atoms with van der Waals surface area (Å²) in [6.07, 6.45) is 0.933. The van der Waals surface area contributed by atoms with E-state index in [1.165, 1.54) is 11.1 Å². The van der Waals surface area contributed by atoms with Gasteiger partial charge in [0.2, 0.25) is 0 Å². The lowest BCUT2D eigenvalue weighted by Crippen LogP contribution is -2.48. The molecule has 5 heteroatoms. The molecule has 2 aromatic rings. The Kier molecular flexibility index (Phi) is 7.96. The van der Waals surface area contributed by atoms with Crippen molar-refractivity contribution in [1.29, 1.82) is 5.41 Å². The highest BCUT2D eigenvalue weighted by molar-refractivity contribution is 5.95. The number of carbonyl (C=O) groups excluding carboxylic acids is 1. The summed E-state index contributed by atoms with van der Waals surface area (Å²) in [5.41, 5.74) is 3.01. The van der Waals surface area contributed by atoms with E-state index >= 15 is 0 Å². The van der Waals surface area contributed by atoms with Gasteiger partial charge in [-0.25, -0.2) is 0 Å². The Bertz CT molecular complexity index is 732. The zero-order valence-corrected chi connectivity index (χ0v) is 17.2. The van der Waals surface area contributed by atoms with E-state index in [1.807, 2.05) is 0 Å². The summed E-state index contributed by atoms with van der Waals surface area (Å²) in [6.45, 7) is 7.06. The molecule has 154 valence electrons. The van der Waals surface area contributed by atoms with Gasteiger partial charge in [-0.3, -0.25) is 9.69 Å². The van der Waals surface area contributed by atoms with Crippen molar-refractivity contribution in [3.8, 4) is 0 Å². The molecule has 1 aliphatic heterocycles. The van der Waals surface area contributed by atoms with E-state index in [-0.39, 0.29) is 18.4 Å². The summed E-state index contributed by atoms with van der Waals surface area (Å²) < 4.78 is 5.20. The standard InChI is InChI=1S/C24H31N3O2/c1-20(25)19-23(28)29-18-8-13-26-14-16-27(17-15-26)24(21-9-4-2-5-10-21)22-11-6-3-7-12-22/h2-7,9-12,24-25H,8,13-19H2,1H3. The van der Waals surface area contributed by atoms with E-state index in [9.17, 15) is 4.79 Å². The average molecular weight is 394 g/mol. The Hall–Kier alpha value is -2.50. The molecule has 0 bridgehead atoms. The first-order chi connectivity index (χ1) is 14.1. The number of piperazine rings is 1. The molecule has 1 heterocycles. The van der Waals surface area contributed by atoms with E-state index in [1.54, 1.807) is 6.92 Å². The first-order valence-electron chi connectivity index (χ1n) is 10.4. The van der Waals surface area contributed by atoms with E-state index < -0.39 is 0 Å². The van der Waals surface area contributed by atoms with Crippen LogP contribution in [-0.2, 0) is 9.53 Å². The molecule has 3 rings (SSSR count). The Morgan fingerprint density at radius 1 is 0.966 bits per heavy atom. The number of rotatable bonds is 9. The molecule has 0 saturated carbocycles. The predicted molar refractivity (Wildman–Crippen MR) is 116 cm³/mol. The smallest absolute Gasteiger partial charge is 0.311 e. The second kappa shape index (κ2) is 10.9. The van der Waals surface area contributed by atoms with Crippen LogP contribution >= 0.6 is 0 Å². The molecular weight excluding hydrogens is 362 g/mol. The van der Waals surface area contributed by atoms with E-state index in [2.05, 4.69) is 70.5 Å². The number of nitrogens with one attached hydrogen (secondary N) is 1. The molecule has 1 fully saturated rings. The topological polar surface area (TPSA) is 56.6 Å². The third-order valence-electron chi connectivity index (χ3n) is 5.29. The van der Waals surface area contributed by atoms with Crippen LogP contribution in [0.15, 0.2) is 60.7 Å². The summed E-state index contributed by atoms with van der Waals surface area (Å²) in [6, 6.07) is 21.7. The summed E-state index contributed by atoms with van der Waals surface area (Å²) in [5.74, 6) is -0.295. The zero-order chi connectivity index (χ0) is 20.5. The minimum Gasteiger partial charge on any atom is -0.465 e. The van der Waals surface area contributed by atoms with Crippen molar-refractivity contribution in [3.05, 3.63) is 71.8 Å². The third kappa shape index (κ3) is 6.51. The van der Waals surface area contributed by atoms with Gasteiger partial charge in [0, 0.05) is 38.4 Å². The molecule has 0 aromatic heterocycles. The third-order valence-corrected chi connectivity index (χ3v) is 5.29. The van der Waals surface area contributed by atoms with Crippen LogP contribution in [-0.4, -0.2) is 60.8 Å². The van der Waals surface area contributed by atoms with Crippen LogP contribution in [0.5, 0.6) is 0 Å². The largest absolute Gasteiger partial charge is 0.465 e. The summed E-state index contributed by atoms with van der Waals surface area (Å²) in [7, 11) is 0. The SMILES string of the molecule is CC(=N)CC(=O)OCCCN1CCN(C(c2ccccc2)c2ccccc2)CC1. The first-order valence-corrected chi connectivity index (χ1v) is 10.4. The maximum absolute atomic E-state index is 11.5. The maximum Gasteiger partial charge on any atom is 0.311 e. The predicted octanol–water partition coefficient (Wildman–Crippen LogP) is 3.76. The zero-order valence-electron chi connectivity index (χ0n) is 17.2. The van der Waals surface area contributed by atoms with Crippen LogP contribution in [0.4, 0.5) is 0 Å². The number of carbonyl (C=O) groups is 1. The number of hydrogen-bond acceptors (Lipinski definition) is 5. The monoisotopic (exact) mass is 393 g/mol. The van der Waals surface area contributed by atoms with Gasteiger partial charge in [0.25, 0.3) is 0 Å².